The van der Waals surface area contributed by atoms with E-state index >= 15 is 0 Å². The number of carboxylic acids is 1. The molecule has 5 heteroatoms. The minimum Gasteiger partial charge on any atom is -0.481 e. The Balaban J connectivity index is 2.67. The van der Waals surface area contributed by atoms with Gasteiger partial charge in [-0.15, -0.1) is 0 Å². The molecule has 1 atom stereocenters. The van der Waals surface area contributed by atoms with Gasteiger partial charge < -0.3 is 5.11 Å². The number of rotatable bonds is 4. The van der Waals surface area contributed by atoms with E-state index in [0.717, 1.165) is 11.4 Å². The van der Waals surface area contributed by atoms with E-state index in [2.05, 4.69) is 9.97 Å². The smallest absolute Gasteiger partial charge is 0.304 e. The Morgan fingerprint density at radius 1 is 1.47 bits per heavy atom. The van der Waals surface area contributed by atoms with Gasteiger partial charge in [0.2, 0.25) is 0 Å². The van der Waals surface area contributed by atoms with Crippen LogP contribution in [0.2, 0.25) is 0 Å². The number of aliphatic carboxylic acids is 1. The summed E-state index contributed by atoms with van der Waals surface area (Å²) in [5.74, 6) is -0.792. The molecule has 0 aromatic carbocycles. The zero-order valence-electron chi connectivity index (χ0n) is 9.02. The Kier molecular flexibility index (Phi) is 4.08. The fourth-order valence-corrected chi connectivity index (χ4v) is 2.19. The van der Waals surface area contributed by atoms with Crippen LogP contribution < -0.4 is 0 Å². The van der Waals surface area contributed by atoms with Crippen molar-refractivity contribution in [1.82, 2.24) is 9.97 Å². The van der Waals surface area contributed by atoms with Crippen molar-refractivity contribution < 1.29 is 9.90 Å². The van der Waals surface area contributed by atoms with Crippen LogP contribution in [0, 0.1) is 13.8 Å². The van der Waals surface area contributed by atoms with Gasteiger partial charge in [-0.25, -0.2) is 9.97 Å². The average molecular weight is 226 g/mol. The van der Waals surface area contributed by atoms with Gasteiger partial charge in [0.15, 0.2) is 5.16 Å². The molecule has 1 N–H and O–H groups in total. The highest BCUT2D eigenvalue weighted by Gasteiger charge is 2.11. The molecule has 1 heterocycles. The summed E-state index contributed by atoms with van der Waals surface area (Å²) in [6.45, 7) is 5.67. The van der Waals surface area contributed by atoms with Gasteiger partial charge in [0, 0.05) is 16.6 Å². The first-order chi connectivity index (χ1) is 6.97. The van der Waals surface area contributed by atoms with Crippen LogP contribution in [0.5, 0.6) is 0 Å². The Hall–Kier alpha value is -1.10. The zero-order chi connectivity index (χ0) is 11.4. The minimum atomic E-state index is -0.792. The number of thioether (sulfide) groups is 1. The highest BCUT2D eigenvalue weighted by atomic mass is 32.2. The van der Waals surface area contributed by atoms with E-state index in [1.807, 2.05) is 26.8 Å². The van der Waals surface area contributed by atoms with Crippen molar-refractivity contribution in [2.45, 2.75) is 37.6 Å². The number of carbonyl (C=O) groups is 1. The molecule has 0 saturated carbocycles. The van der Waals surface area contributed by atoms with Crippen molar-refractivity contribution in [1.29, 1.82) is 0 Å². The fraction of sp³-hybridized carbons (Fsp3) is 0.500. The van der Waals surface area contributed by atoms with E-state index < -0.39 is 5.97 Å². The van der Waals surface area contributed by atoms with Crippen molar-refractivity contribution in [3.05, 3.63) is 17.5 Å². The molecular weight excluding hydrogens is 212 g/mol. The van der Waals surface area contributed by atoms with Gasteiger partial charge in [0.25, 0.3) is 0 Å². The topological polar surface area (TPSA) is 63.1 Å². The van der Waals surface area contributed by atoms with Crippen LogP contribution in [-0.4, -0.2) is 26.3 Å². The van der Waals surface area contributed by atoms with E-state index in [1.54, 1.807) is 0 Å². The summed E-state index contributed by atoms with van der Waals surface area (Å²) in [7, 11) is 0. The molecular formula is C10H14N2O2S. The lowest BCUT2D eigenvalue weighted by molar-refractivity contribution is -0.136. The molecule has 0 amide bonds. The van der Waals surface area contributed by atoms with E-state index in [9.17, 15) is 4.79 Å². The molecule has 0 radical (unpaired) electrons. The van der Waals surface area contributed by atoms with Crippen LogP contribution in [-0.2, 0) is 4.79 Å². The molecule has 0 aliphatic rings. The van der Waals surface area contributed by atoms with Gasteiger partial charge in [0.1, 0.15) is 0 Å². The van der Waals surface area contributed by atoms with Gasteiger partial charge in [-0.05, 0) is 19.9 Å². The van der Waals surface area contributed by atoms with Crippen molar-refractivity contribution in [3.8, 4) is 0 Å². The second-order valence-corrected chi connectivity index (χ2v) is 4.87. The van der Waals surface area contributed by atoms with Crippen LogP contribution >= 0.6 is 11.8 Å². The number of aromatic nitrogens is 2. The molecule has 0 aliphatic heterocycles. The monoisotopic (exact) mass is 226 g/mol. The summed E-state index contributed by atoms with van der Waals surface area (Å²) in [6.07, 6.45) is 0.126. The van der Waals surface area contributed by atoms with Gasteiger partial charge in [-0.2, -0.15) is 0 Å². The maximum Gasteiger partial charge on any atom is 0.304 e. The first kappa shape index (κ1) is 12.0. The highest BCUT2D eigenvalue weighted by molar-refractivity contribution is 7.99. The molecule has 82 valence electrons. The SMILES string of the molecule is Cc1cc(C)nc(SC(C)CC(=O)O)n1. The molecule has 1 rings (SSSR count). The Morgan fingerprint density at radius 2 is 2.00 bits per heavy atom. The number of nitrogens with zero attached hydrogens (tertiary/aromatic N) is 2. The van der Waals surface area contributed by atoms with Gasteiger partial charge in [-0.3, -0.25) is 4.79 Å². The van der Waals surface area contributed by atoms with Crippen molar-refractivity contribution in [2.24, 2.45) is 0 Å². The molecule has 1 aromatic heterocycles. The molecule has 4 nitrogen and oxygen atoms in total. The fourth-order valence-electron chi connectivity index (χ4n) is 1.21. The van der Waals surface area contributed by atoms with Gasteiger partial charge >= 0.3 is 5.97 Å². The van der Waals surface area contributed by atoms with Crippen LogP contribution in [0.1, 0.15) is 24.7 Å². The van der Waals surface area contributed by atoms with Crippen molar-refractivity contribution >= 4 is 17.7 Å². The van der Waals surface area contributed by atoms with Crippen LogP contribution in [0.25, 0.3) is 0 Å². The van der Waals surface area contributed by atoms with E-state index in [1.165, 1.54) is 11.8 Å². The summed E-state index contributed by atoms with van der Waals surface area (Å²) < 4.78 is 0. The Morgan fingerprint density at radius 3 is 2.47 bits per heavy atom. The summed E-state index contributed by atoms with van der Waals surface area (Å²) in [5.41, 5.74) is 1.82. The first-order valence-electron chi connectivity index (χ1n) is 4.68. The third-order valence-electron chi connectivity index (χ3n) is 1.73. The van der Waals surface area contributed by atoms with Gasteiger partial charge in [-0.1, -0.05) is 18.7 Å². The predicted octanol–water partition coefficient (Wildman–Crippen LogP) is 2.05. The molecule has 0 spiro atoms. The lowest BCUT2D eigenvalue weighted by Gasteiger charge is -2.07. The highest BCUT2D eigenvalue weighted by Crippen LogP contribution is 2.21. The summed E-state index contributed by atoms with van der Waals surface area (Å²) in [4.78, 5) is 19.0. The second kappa shape index (κ2) is 5.11. The quantitative estimate of drug-likeness (QED) is 0.629. The normalized spacial score (nSPS) is 12.5. The summed E-state index contributed by atoms with van der Waals surface area (Å²) in [6, 6.07) is 1.89. The number of carboxylic acid groups (broad SMARTS) is 1. The summed E-state index contributed by atoms with van der Waals surface area (Å²) in [5, 5.41) is 9.26. The zero-order valence-corrected chi connectivity index (χ0v) is 9.84. The van der Waals surface area contributed by atoms with E-state index in [0.29, 0.717) is 5.16 Å². The Bertz CT molecular complexity index is 348. The molecule has 0 fully saturated rings. The van der Waals surface area contributed by atoms with E-state index in [4.69, 9.17) is 5.11 Å². The molecule has 15 heavy (non-hydrogen) atoms. The molecule has 1 aromatic rings. The van der Waals surface area contributed by atoms with Crippen LogP contribution in [0.15, 0.2) is 11.2 Å². The first-order valence-corrected chi connectivity index (χ1v) is 5.56. The third kappa shape index (κ3) is 4.29. The predicted molar refractivity (Wildman–Crippen MR) is 59.1 cm³/mol. The molecule has 1 unspecified atom stereocenters. The average Bonchev–Trinajstić information content (AvgIpc) is 1.98. The van der Waals surface area contributed by atoms with Gasteiger partial charge in [0.05, 0.1) is 6.42 Å². The standard InChI is InChI=1S/C10H14N2O2S/c1-6-4-7(2)12-10(11-6)15-8(3)5-9(13)14/h4,8H,5H2,1-3H3,(H,13,14). The van der Waals surface area contributed by atoms with Crippen LogP contribution in [0.4, 0.5) is 0 Å². The second-order valence-electron chi connectivity index (χ2n) is 3.46. The lowest BCUT2D eigenvalue weighted by Crippen LogP contribution is -2.06. The van der Waals surface area contributed by atoms with Crippen LogP contribution in [0.3, 0.4) is 0 Å². The lowest BCUT2D eigenvalue weighted by atomic mass is 10.3. The molecule has 0 aliphatic carbocycles. The molecule has 0 bridgehead atoms. The number of hydrogen-bond acceptors (Lipinski definition) is 4. The largest absolute Gasteiger partial charge is 0.481 e. The van der Waals surface area contributed by atoms with E-state index in [-0.39, 0.29) is 11.7 Å². The minimum absolute atomic E-state index is 0.0105. The van der Waals surface area contributed by atoms with Crippen molar-refractivity contribution in [2.75, 3.05) is 0 Å². The molecule has 0 saturated heterocycles. The Labute approximate surface area is 93.1 Å². The maximum absolute atomic E-state index is 10.5. The number of hydrogen-bond donors (Lipinski definition) is 1. The number of aryl methyl sites for hydroxylation is 2. The maximum atomic E-state index is 10.5. The van der Waals surface area contributed by atoms with Crippen molar-refractivity contribution in [3.63, 3.8) is 0 Å². The summed E-state index contributed by atoms with van der Waals surface area (Å²) >= 11 is 1.40. The third-order valence-corrected chi connectivity index (χ3v) is 2.69.